The maximum Gasteiger partial charge on any atom is 0.344 e. The van der Waals surface area contributed by atoms with Crippen molar-refractivity contribution in [3.05, 3.63) is 60.2 Å². The molecule has 5 heteroatoms. The summed E-state index contributed by atoms with van der Waals surface area (Å²) < 4.78 is 10.5. The molecule has 2 atom stereocenters. The SMILES string of the molecule is CC[C@@H](C)c1ccccc1NC(=O)[C@H](C)OC(=O)COc1ccccc1. The van der Waals surface area contributed by atoms with Gasteiger partial charge in [0.2, 0.25) is 0 Å². The van der Waals surface area contributed by atoms with Crippen molar-refractivity contribution in [2.24, 2.45) is 0 Å². The Kier molecular flexibility index (Phi) is 7.21. The van der Waals surface area contributed by atoms with Crippen LogP contribution in [0, 0.1) is 0 Å². The predicted molar refractivity (Wildman–Crippen MR) is 101 cm³/mol. The van der Waals surface area contributed by atoms with Crippen LogP contribution in [0.1, 0.15) is 38.7 Å². The van der Waals surface area contributed by atoms with E-state index in [4.69, 9.17) is 9.47 Å². The molecule has 0 saturated heterocycles. The Balaban J connectivity index is 1.88. The quantitative estimate of drug-likeness (QED) is 0.723. The minimum atomic E-state index is -0.910. The summed E-state index contributed by atoms with van der Waals surface area (Å²) in [7, 11) is 0. The van der Waals surface area contributed by atoms with E-state index in [9.17, 15) is 9.59 Å². The third kappa shape index (κ3) is 5.62. The molecular formula is C21H25NO4. The Hall–Kier alpha value is -2.82. The van der Waals surface area contributed by atoms with Crippen LogP contribution >= 0.6 is 0 Å². The number of amides is 1. The number of para-hydroxylation sites is 2. The lowest BCUT2D eigenvalue weighted by atomic mass is 9.97. The Morgan fingerprint density at radius 1 is 1.00 bits per heavy atom. The van der Waals surface area contributed by atoms with Crippen LogP contribution in [0.5, 0.6) is 5.75 Å². The third-order valence-corrected chi connectivity index (χ3v) is 4.14. The summed E-state index contributed by atoms with van der Waals surface area (Å²) in [5, 5.41) is 2.85. The molecule has 0 spiro atoms. The smallest absolute Gasteiger partial charge is 0.344 e. The number of hydrogen-bond acceptors (Lipinski definition) is 4. The Morgan fingerprint density at radius 2 is 1.65 bits per heavy atom. The molecule has 2 aromatic rings. The molecular weight excluding hydrogens is 330 g/mol. The van der Waals surface area contributed by atoms with Crippen LogP contribution in [0.3, 0.4) is 0 Å². The average Bonchev–Trinajstić information content (AvgIpc) is 2.67. The Bertz CT molecular complexity index is 730. The van der Waals surface area contributed by atoms with Crippen LogP contribution in [0.25, 0.3) is 0 Å². The van der Waals surface area contributed by atoms with Gasteiger partial charge in [-0.3, -0.25) is 4.79 Å². The predicted octanol–water partition coefficient (Wildman–Crippen LogP) is 4.15. The highest BCUT2D eigenvalue weighted by Gasteiger charge is 2.20. The lowest BCUT2D eigenvalue weighted by Crippen LogP contribution is -2.32. The van der Waals surface area contributed by atoms with E-state index in [1.165, 1.54) is 0 Å². The molecule has 5 nitrogen and oxygen atoms in total. The van der Waals surface area contributed by atoms with Crippen LogP contribution in [-0.2, 0) is 14.3 Å². The van der Waals surface area contributed by atoms with E-state index >= 15 is 0 Å². The van der Waals surface area contributed by atoms with Gasteiger partial charge in [-0.15, -0.1) is 0 Å². The molecule has 2 aromatic carbocycles. The second-order valence-corrected chi connectivity index (χ2v) is 6.12. The highest BCUT2D eigenvalue weighted by Crippen LogP contribution is 2.26. The van der Waals surface area contributed by atoms with Gasteiger partial charge in [-0.25, -0.2) is 4.79 Å². The lowest BCUT2D eigenvalue weighted by Gasteiger charge is -2.18. The monoisotopic (exact) mass is 355 g/mol. The van der Waals surface area contributed by atoms with Crippen LogP contribution in [0.15, 0.2) is 54.6 Å². The molecule has 1 amide bonds. The maximum atomic E-state index is 12.4. The van der Waals surface area contributed by atoms with E-state index in [0.29, 0.717) is 11.7 Å². The zero-order valence-corrected chi connectivity index (χ0v) is 15.4. The van der Waals surface area contributed by atoms with Crippen molar-refractivity contribution < 1.29 is 19.1 Å². The fourth-order valence-electron chi connectivity index (χ4n) is 2.44. The molecule has 0 aromatic heterocycles. The molecule has 0 aliphatic carbocycles. The normalized spacial score (nSPS) is 12.7. The number of rotatable bonds is 8. The second kappa shape index (κ2) is 9.61. The van der Waals surface area contributed by atoms with Crippen LogP contribution in [0.2, 0.25) is 0 Å². The van der Waals surface area contributed by atoms with Crippen molar-refractivity contribution in [3.63, 3.8) is 0 Å². The van der Waals surface area contributed by atoms with E-state index in [1.807, 2.05) is 42.5 Å². The van der Waals surface area contributed by atoms with Crippen molar-refractivity contribution in [1.82, 2.24) is 0 Å². The number of benzene rings is 2. The van der Waals surface area contributed by atoms with E-state index < -0.39 is 12.1 Å². The molecule has 0 fully saturated rings. The molecule has 138 valence electrons. The highest BCUT2D eigenvalue weighted by atomic mass is 16.6. The number of carbonyl (C=O) groups is 2. The summed E-state index contributed by atoms with van der Waals surface area (Å²) in [4.78, 5) is 24.2. The number of nitrogens with one attached hydrogen (secondary N) is 1. The van der Waals surface area contributed by atoms with Gasteiger partial charge in [-0.1, -0.05) is 50.2 Å². The topological polar surface area (TPSA) is 64.6 Å². The first-order valence-corrected chi connectivity index (χ1v) is 8.78. The number of hydrogen-bond donors (Lipinski definition) is 1. The number of anilines is 1. The Labute approximate surface area is 154 Å². The van der Waals surface area contributed by atoms with Gasteiger partial charge in [-0.05, 0) is 43.0 Å². The molecule has 1 N–H and O–H groups in total. The van der Waals surface area contributed by atoms with Gasteiger partial charge in [0, 0.05) is 5.69 Å². The zero-order chi connectivity index (χ0) is 18.9. The largest absolute Gasteiger partial charge is 0.482 e. The molecule has 0 saturated carbocycles. The minimum Gasteiger partial charge on any atom is -0.482 e. The highest BCUT2D eigenvalue weighted by molar-refractivity contribution is 5.95. The standard InChI is InChI=1S/C21H25NO4/c1-4-15(2)18-12-8-9-13-19(18)22-21(24)16(3)26-20(23)14-25-17-10-6-5-7-11-17/h5-13,15-16H,4,14H2,1-3H3,(H,22,24)/t15-,16+/m1/s1. The van der Waals surface area contributed by atoms with Gasteiger partial charge in [-0.2, -0.15) is 0 Å². The van der Waals surface area contributed by atoms with Gasteiger partial charge in [0.25, 0.3) is 5.91 Å². The van der Waals surface area contributed by atoms with E-state index in [-0.39, 0.29) is 12.5 Å². The third-order valence-electron chi connectivity index (χ3n) is 4.14. The Morgan fingerprint density at radius 3 is 2.35 bits per heavy atom. The molecule has 0 unspecified atom stereocenters. The first-order valence-electron chi connectivity index (χ1n) is 8.78. The number of ether oxygens (including phenoxy) is 2. The van der Waals surface area contributed by atoms with E-state index in [2.05, 4.69) is 19.2 Å². The van der Waals surface area contributed by atoms with Crippen LogP contribution < -0.4 is 10.1 Å². The summed E-state index contributed by atoms with van der Waals surface area (Å²) in [5.41, 5.74) is 1.81. The average molecular weight is 355 g/mol. The molecule has 0 aliphatic heterocycles. The molecule has 26 heavy (non-hydrogen) atoms. The fraction of sp³-hybridized carbons (Fsp3) is 0.333. The lowest BCUT2D eigenvalue weighted by molar-refractivity contribution is -0.155. The maximum absolute atomic E-state index is 12.4. The van der Waals surface area contributed by atoms with Crippen molar-refractivity contribution in [2.45, 2.75) is 39.2 Å². The molecule has 0 heterocycles. The van der Waals surface area contributed by atoms with Gasteiger partial charge in [0.15, 0.2) is 12.7 Å². The van der Waals surface area contributed by atoms with Gasteiger partial charge in [0.05, 0.1) is 0 Å². The first kappa shape index (κ1) is 19.5. The molecule has 0 radical (unpaired) electrons. The minimum absolute atomic E-state index is 0.245. The number of carbonyl (C=O) groups excluding carboxylic acids is 2. The van der Waals surface area contributed by atoms with Crippen molar-refractivity contribution in [1.29, 1.82) is 0 Å². The molecule has 0 aliphatic rings. The summed E-state index contributed by atoms with van der Waals surface area (Å²) in [5.74, 6) is -0.0619. The van der Waals surface area contributed by atoms with Gasteiger partial charge >= 0.3 is 5.97 Å². The van der Waals surface area contributed by atoms with Crippen molar-refractivity contribution >= 4 is 17.6 Å². The fourth-order valence-corrected chi connectivity index (χ4v) is 2.44. The van der Waals surface area contributed by atoms with Crippen molar-refractivity contribution in [2.75, 3.05) is 11.9 Å². The zero-order valence-electron chi connectivity index (χ0n) is 15.4. The van der Waals surface area contributed by atoms with Crippen LogP contribution in [0.4, 0.5) is 5.69 Å². The summed E-state index contributed by atoms with van der Waals surface area (Å²) in [6, 6.07) is 16.6. The van der Waals surface area contributed by atoms with Gasteiger partial charge in [0.1, 0.15) is 5.75 Å². The van der Waals surface area contributed by atoms with Crippen LogP contribution in [-0.4, -0.2) is 24.6 Å². The molecule has 0 bridgehead atoms. The summed E-state index contributed by atoms with van der Waals surface area (Å²) >= 11 is 0. The summed E-state index contributed by atoms with van der Waals surface area (Å²) in [6.45, 7) is 5.50. The van der Waals surface area contributed by atoms with Crippen molar-refractivity contribution in [3.8, 4) is 5.75 Å². The van der Waals surface area contributed by atoms with E-state index in [1.54, 1.807) is 19.1 Å². The molecule has 2 rings (SSSR count). The summed E-state index contributed by atoms with van der Waals surface area (Å²) in [6.07, 6.45) is 0.0562. The van der Waals surface area contributed by atoms with E-state index in [0.717, 1.165) is 17.7 Å². The first-order chi connectivity index (χ1) is 12.5. The number of esters is 1. The van der Waals surface area contributed by atoms with Gasteiger partial charge < -0.3 is 14.8 Å². The second-order valence-electron chi connectivity index (χ2n) is 6.12.